The van der Waals surface area contributed by atoms with Crippen molar-refractivity contribution in [2.24, 2.45) is 5.84 Å². The summed E-state index contributed by atoms with van der Waals surface area (Å²) in [5.74, 6) is 8.91. The van der Waals surface area contributed by atoms with Gasteiger partial charge in [0.15, 0.2) is 0 Å². The van der Waals surface area contributed by atoms with Crippen LogP contribution in [0.15, 0.2) is 6.07 Å². The number of rotatable bonds is 6. The van der Waals surface area contributed by atoms with Crippen LogP contribution in [0.25, 0.3) is 10.2 Å². The molecule has 0 radical (unpaired) electrons. The Morgan fingerprint density at radius 3 is 2.95 bits per heavy atom. The Hall–Kier alpha value is -1.05. The maximum atomic E-state index is 5.43. The van der Waals surface area contributed by atoms with E-state index in [-0.39, 0.29) is 0 Å². The summed E-state index contributed by atoms with van der Waals surface area (Å²) in [5.41, 5.74) is 2.52. The van der Waals surface area contributed by atoms with Gasteiger partial charge < -0.3 is 5.32 Å². The zero-order valence-electron chi connectivity index (χ0n) is 11.4. The number of thioether (sulfide) groups is 1. The summed E-state index contributed by atoms with van der Waals surface area (Å²) >= 11 is 3.56. The first-order valence-electron chi connectivity index (χ1n) is 6.23. The predicted molar refractivity (Wildman–Crippen MR) is 86.0 cm³/mol. The monoisotopic (exact) mass is 297 g/mol. The van der Waals surface area contributed by atoms with Crippen LogP contribution in [0, 0.1) is 6.92 Å². The van der Waals surface area contributed by atoms with E-state index in [2.05, 4.69) is 47.5 Å². The lowest BCUT2D eigenvalue weighted by Gasteiger charge is -2.15. The topological polar surface area (TPSA) is 75.9 Å². The molecule has 2 aromatic rings. The Balaban J connectivity index is 2.29. The molecular weight excluding hydrogens is 278 g/mol. The van der Waals surface area contributed by atoms with E-state index in [0.29, 0.717) is 12.0 Å². The second kappa shape index (κ2) is 6.40. The minimum atomic E-state index is 0.355. The number of nitrogens with one attached hydrogen (secondary N) is 2. The van der Waals surface area contributed by atoms with Crippen LogP contribution in [0.1, 0.15) is 18.7 Å². The molecule has 2 heterocycles. The van der Waals surface area contributed by atoms with E-state index in [0.717, 1.165) is 27.5 Å². The molecule has 5 nitrogen and oxygen atoms in total. The van der Waals surface area contributed by atoms with Crippen molar-refractivity contribution < 1.29 is 0 Å². The first kappa shape index (κ1) is 14.4. The highest BCUT2D eigenvalue weighted by molar-refractivity contribution is 7.99. The molecule has 0 aliphatic heterocycles. The highest BCUT2D eigenvalue weighted by atomic mass is 32.2. The maximum Gasteiger partial charge on any atom is 0.240 e. The summed E-state index contributed by atoms with van der Waals surface area (Å²) in [5, 5.41) is 4.51. The van der Waals surface area contributed by atoms with Crippen molar-refractivity contribution in [3.8, 4) is 0 Å². The third kappa shape index (κ3) is 3.49. The van der Waals surface area contributed by atoms with Crippen molar-refractivity contribution in [2.75, 3.05) is 22.2 Å². The zero-order valence-corrected chi connectivity index (χ0v) is 13.0. The largest absolute Gasteiger partial charge is 0.366 e. The minimum Gasteiger partial charge on any atom is -0.366 e. The number of nitrogen functional groups attached to an aromatic ring is 1. The highest BCUT2D eigenvalue weighted by Crippen LogP contribution is 2.29. The Morgan fingerprint density at radius 2 is 2.26 bits per heavy atom. The van der Waals surface area contributed by atoms with Crippen LogP contribution in [0.2, 0.25) is 0 Å². The van der Waals surface area contributed by atoms with Crippen molar-refractivity contribution in [1.29, 1.82) is 0 Å². The van der Waals surface area contributed by atoms with Gasteiger partial charge in [-0.25, -0.2) is 10.8 Å². The van der Waals surface area contributed by atoms with E-state index in [9.17, 15) is 0 Å². The van der Waals surface area contributed by atoms with Crippen LogP contribution in [-0.4, -0.2) is 27.5 Å². The summed E-state index contributed by atoms with van der Waals surface area (Å²) < 4.78 is 0. The molecule has 19 heavy (non-hydrogen) atoms. The van der Waals surface area contributed by atoms with Gasteiger partial charge in [-0.05, 0) is 25.7 Å². The molecule has 0 bridgehead atoms. The molecule has 0 aliphatic carbocycles. The Labute approximate surface area is 121 Å². The molecular formula is C12H19N5S2. The van der Waals surface area contributed by atoms with Crippen LogP contribution in [0.5, 0.6) is 0 Å². The van der Waals surface area contributed by atoms with Crippen LogP contribution in [0.4, 0.5) is 11.8 Å². The van der Waals surface area contributed by atoms with Crippen molar-refractivity contribution in [2.45, 2.75) is 26.8 Å². The van der Waals surface area contributed by atoms with Crippen molar-refractivity contribution in [1.82, 2.24) is 9.97 Å². The van der Waals surface area contributed by atoms with Gasteiger partial charge in [0.2, 0.25) is 5.95 Å². The Kier molecular flexibility index (Phi) is 4.84. The maximum absolute atomic E-state index is 5.43. The van der Waals surface area contributed by atoms with E-state index in [1.165, 1.54) is 4.88 Å². The molecule has 4 N–H and O–H groups in total. The van der Waals surface area contributed by atoms with Crippen LogP contribution < -0.4 is 16.6 Å². The van der Waals surface area contributed by atoms with E-state index in [1.807, 2.05) is 11.8 Å². The Morgan fingerprint density at radius 1 is 1.47 bits per heavy atom. The second-order valence-electron chi connectivity index (χ2n) is 4.32. The molecule has 1 unspecified atom stereocenters. The SMILES string of the molecule is CCSCC(C)Nc1nc(NN)nc2sc(C)cc12. The number of hydrazine groups is 1. The number of fused-ring (bicyclic) bond motifs is 1. The molecule has 104 valence electrons. The standard InChI is InChI=1S/C12H19N5S2/c1-4-18-6-7(2)14-10-9-5-8(3)19-11(9)16-12(15-10)17-13/h5,7H,4,6,13H2,1-3H3,(H2,14,15,16,17). The first-order chi connectivity index (χ1) is 9.13. The lowest BCUT2D eigenvalue weighted by molar-refractivity contribution is 0.903. The fourth-order valence-electron chi connectivity index (χ4n) is 1.79. The minimum absolute atomic E-state index is 0.355. The smallest absolute Gasteiger partial charge is 0.240 e. The van der Waals surface area contributed by atoms with Crippen LogP contribution >= 0.6 is 23.1 Å². The molecule has 2 aromatic heterocycles. The summed E-state index contributed by atoms with van der Waals surface area (Å²) in [6, 6.07) is 2.47. The number of hydrogen-bond acceptors (Lipinski definition) is 7. The molecule has 0 amide bonds. The van der Waals surface area contributed by atoms with E-state index >= 15 is 0 Å². The third-order valence-corrected chi connectivity index (χ3v) is 4.69. The molecule has 0 aromatic carbocycles. The number of aryl methyl sites for hydroxylation is 1. The third-order valence-electron chi connectivity index (χ3n) is 2.60. The second-order valence-corrected chi connectivity index (χ2v) is 6.87. The van der Waals surface area contributed by atoms with Crippen molar-refractivity contribution in [3.05, 3.63) is 10.9 Å². The molecule has 0 fully saturated rings. The van der Waals surface area contributed by atoms with Crippen molar-refractivity contribution >= 4 is 45.1 Å². The quantitative estimate of drug-likeness (QED) is 0.562. The number of nitrogens with two attached hydrogens (primary N) is 1. The van der Waals surface area contributed by atoms with Gasteiger partial charge in [-0.1, -0.05) is 6.92 Å². The Bertz CT molecular complexity index is 554. The average molecular weight is 297 g/mol. The zero-order chi connectivity index (χ0) is 13.8. The lowest BCUT2D eigenvalue weighted by atomic mass is 10.3. The van der Waals surface area contributed by atoms with Crippen LogP contribution in [-0.2, 0) is 0 Å². The molecule has 2 rings (SSSR count). The summed E-state index contributed by atoms with van der Waals surface area (Å²) in [4.78, 5) is 11.0. The highest BCUT2D eigenvalue weighted by Gasteiger charge is 2.12. The van der Waals surface area contributed by atoms with Gasteiger partial charge in [0.1, 0.15) is 10.6 Å². The van der Waals surface area contributed by atoms with Gasteiger partial charge in [-0.15, -0.1) is 11.3 Å². The van der Waals surface area contributed by atoms with Gasteiger partial charge in [-0.2, -0.15) is 16.7 Å². The molecule has 0 saturated heterocycles. The molecule has 0 spiro atoms. The number of nitrogens with zero attached hydrogens (tertiary/aromatic N) is 2. The number of hydrogen-bond donors (Lipinski definition) is 3. The van der Waals surface area contributed by atoms with Gasteiger partial charge in [-0.3, -0.25) is 5.43 Å². The predicted octanol–water partition coefficient (Wildman–Crippen LogP) is 2.84. The molecule has 7 heteroatoms. The van der Waals surface area contributed by atoms with E-state index in [4.69, 9.17) is 5.84 Å². The number of anilines is 2. The lowest BCUT2D eigenvalue weighted by Crippen LogP contribution is -2.20. The van der Waals surface area contributed by atoms with Gasteiger partial charge in [0.25, 0.3) is 0 Å². The van der Waals surface area contributed by atoms with E-state index in [1.54, 1.807) is 11.3 Å². The fourth-order valence-corrected chi connectivity index (χ4v) is 3.34. The van der Waals surface area contributed by atoms with Gasteiger partial charge in [0.05, 0.1) is 5.39 Å². The summed E-state index contributed by atoms with van der Waals surface area (Å²) in [6.45, 7) is 6.40. The van der Waals surface area contributed by atoms with E-state index < -0.39 is 0 Å². The molecule has 0 saturated carbocycles. The van der Waals surface area contributed by atoms with Crippen molar-refractivity contribution in [3.63, 3.8) is 0 Å². The molecule has 0 aliphatic rings. The normalized spacial score (nSPS) is 12.6. The first-order valence-corrected chi connectivity index (χ1v) is 8.20. The van der Waals surface area contributed by atoms with Gasteiger partial charge in [0, 0.05) is 16.7 Å². The number of thiophene rings is 1. The number of aromatic nitrogens is 2. The van der Waals surface area contributed by atoms with Crippen LogP contribution in [0.3, 0.4) is 0 Å². The average Bonchev–Trinajstić information content (AvgIpc) is 2.76. The summed E-state index contributed by atoms with van der Waals surface area (Å²) in [7, 11) is 0. The van der Waals surface area contributed by atoms with Gasteiger partial charge >= 0.3 is 0 Å². The fraction of sp³-hybridized carbons (Fsp3) is 0.500. The summed E-state index contributed by atoms with van der Waals surface area (Å²) in [6.07, 6.45) is 0. The molecule has 1 atom stereocenters.